The van der Waals surface area contributed by atoms with E-state index in [1.165, 1.54) is 37.3 Å². The topological polar surface area (TPSA) is 185 Å². The van der Waals surface area contributed by atoms with Crippen LogP contribution in [0.15, 0.2) is 107 Å². The summed E-state index contributed by atoms with van der Waals surface area (Å²) in [5.74, 6) is -1.94. The molecule has 0 bridgehead atoms. The molecule has 3 rings (SSSR count). The summed E-state index contributed by atoms with van der Waals surface area (Å²) >= 11 is 0. The van der Waals surface area contributed by atoms with Crippen LogP contribution >= 0.6 is 0 Å². The van der Waals surface area contributed by atoms with E-state index < -0.39 is 21.7 Å². The first-order chi connectivity index (χ1) is 17.9. The van der Waals surface area contributed by atoms with Crippen LogP contribution in [0, 0.1) is 0 Å². The third-order valence-electron chi connectivity index (χ3n) is 5.25. The third-order valence-corrected chi connectivity index (χ3v) is 7.00. The molecule has 196 valence electrons. The van der Waals surface area contributed by atoms with Crippen LogP contribution in [0.2, 0.25) is 0 Å². The lowest BCUT2D eigenvalue weighted by molar-refractivity contribution is -0.112. The Morgan fingerprint density at radius 2 is 1.50 bits per heavy atom. The number of hydrogen-bond donors (Lipinski definition) is 6. The fourth-order valence-electron chi connectivity index (χ4n) is 3.30. The van der Waals surface area contributed by atoms with Crippen LogP contribution in [-0.2, 0) is 14.6 Å². The second kappa shape index (κ2) is 11.4. The zero-order valence-corrected chi connectivity index (χ0v) is 21.1. The summed E-state index contributed by atoms with van der Waals surface area (Å²) in [6, 6.07) is 12.9. The Bertz CT molecular complexity index is 1590. The van der Waals surface area contributed by atoms with Gasteiger partial charge in [0.15, 0.2) is 0 Å². The van der Waals surface area contributed by atoms with Gasteiger partial charge in [-0.15, -0.1) is 0 Å². The molecule has 10 nitrogen and oxygen atoms in total. The number of nitrogens with two attached hydrogens (primary N) is 2. The monoisotopic (exact) mass is 534 g/mol. The second-order valence-electron chi connectivity index (χ2n) is 8.12. The van der Waals surface area contributed by atoms with Crippen molar-refractivity contribution in [2.75, 3.05) is 16.4 Å². The number of nitrogen functional groups attached to an aromatic ring is 1. The SMILES string of the molecule is C=C/C=C(N)\C=C(/C)C(=O)Nc1cc(S(=O)(=O)c2ccc(O)c(NC(=O)c3cccc(N)c3)c2)ccc1O. The number of phenolic OH excluding ortho intramolecular Hbond substituents is 2. The van der Waals surface area contributed by atoms with Crippen LogP contribution in [0.1, 0.15) is 17.3 Å². The maximum Gasteiger partial charge on any atom is 0.255 e. The van der Waals surface area contributed by atoms with Crippen molar-refractivity contribution in [3.63, 3.8) is 0 Å². The molecule has 0 atom stereocenters. The lowest BCUT2D eigenvalue weighted by Crippen LogP contribution is -2.14. The summed E-state index contributed by atoms with van der Waals surface area (Å²) in [4.78, 5) is 24.6. The Kier molecular flexibility index (Phi) is 8.23. The second-order valence-corrected chi connectivity index (χ2v) is 10.1. The number of aromatic hydroxyl groups is 2. The van der Waals surface area contributed by atoms with Gasteiger partial charge in [-0.2, -0.15) is 0 Å². The van der Waals surface area contributed by atoms with Crippen molar-refractivity contribution in [2.45, 2.75) is 16.7 Å². The average molecular weight is 535 g/mol. The number of anilines is 3. The normalized spacial score (nSPS) is 12.0. The minimum Gasteiger partial charge on any atom is -0.506 e. The quantitative estimate of drug-likeness (QED) is 0.109. The molecule has 0 unspecified atom stereocenters. The van der Waals surface area contributed by atoms with E-state index in [0.717, 1.165) is 36.4 Å². The van der Waals surface area contributed by atoms with Crippen molar-refractivity contribution >= 4 is 38.7 Å². The molecule has 38 heavy (non-hydrogen) atoms. The van der Waals surface area contributed by atoms with Crippen LogP contribution < -0.4 is 22.1 Å². The summed E-state index contributed by atoms with van der Waals surface area (Å²) < 4.78 is 26.7. The molecule has 3 aromatic carbocycles. The third kappa shape index (κ3) is 6.39. The van der Waals surface area contributed by atoms with E-state index in [0.29, 0.717) is 5.69 Å². The molecule has 8 N–H and O–H groups in total. The maximum atomic E-state index is 13.3. The van der Waals surface area contributed by atoms with E-state index in [1.807, 2.05) is 0 Å². The van der Waals surface area contributed by atoms with E-state index in [4.69, 9.17) is 11.5 Å². The van der Waals surface area contributed by atoms with Gasteiger partial charge >= 0.3 is 0 Å². The van der Waals surface area contributed by atoms with Crippen LogP contribution in [0.5, 0.6) is 11.5 Å². The van der Waals surface area contributed by atoms with Gasteiger partial charge in [-0.25, -0.2) is 8.42 Å². The number of carbonyl (C=O) groups excluding carboxylic acids is 2. The molecule has 2 amide bonds. The Morgan fingerprint density at radius 3 is 2.05 bits per heavy atom. The van der Waals surface area contributed by atoms with Gasteiger partial charge in [0, 0.05) is 22.5 Å². The smallest absolute Gasteiger partial charge is 0.255 e. The number of sulfone groups is 1. The Morgan fingerprint density at radius 1 is 0.921 bits per heavy atom. The zero-order chi connectivity index (χ0) is 28.0. The van der Waals surface area contributed by atoms with Gasteiger partial charge < -0.3 is 32.3 Å². The van der Waals surface area contributed by atoms with Crippen LogP contribution in [-0.4, -0.2) is 30.4 Å². The molecule has 0 aliphatic heterocycles. The lowest BCUT2D eigenvalue weighted by atomic mass is 10.2. The van der Waals surface area contributed by atoms with Gasteiger partial charge in [0.1, 0.15) is 11.5 Å². The van der Waals surface area contributed by atoms with Gasteiger partial charge in [-0.1, -0.05) is 18.7 Å². The molecule has 0 aromatic heterocycles. The number of phenols is 2. The summed E-state index contributed by atoms with van der Waals surface area (Å²) in [6.45, 7) is 5.01. The van der Waals surface area contributed by atoms with Crippen molar-refractivity contribution < 1.29 is 28.2 Å². The number of benzene rings is 3. The van der Waals surface area contributed by atoms with E-state index in [-0.39, 0.29) is 49.5 Å². The van der Waals surface area contributed by atoms with Crippen molar-refractivity contribution in [3.8, 4) is 11.5 Å². The molecule has 11 heteroatoms. The highest BCUT2D eigenvalue weighted by atomic mass is 32.2. The van der Waals surface area contributed by atoms with E-state index in [9.17, 15) is 28.2 Å². The molecule has 3 aromatic rings. The van der Waals surface area contributed by atoms with E-state index >= 15 is 0 Å². The van der Waals surface area contributed by atoms with Crippen molar-refractivity contribution in [1.82, 2.24) is 0 Å². The molecule has 0 aliphatic rings. The molecule has 0 saturated heterocycles. The number of allylic oxidation sites excluding steroid dienone is 3. The summed E-state index contributed by atoms with van der Waals surface area (Å²) in [5, 5.41) is 25.3. The first-order valence-electron chi connectivity index (χ1n) is 11.1. The van der Waals surface area contributed by atoms with Crippen molar-refractivity contribution in [3.05, 3.63) is 102 Å². The molecule has 0 heterocycles. The molecule has 0 fully saturated rings. The summed E-state index contributed by atoms with van der Waals surface area (Å²) in [5.41, 5.74) is 12.2. The molecule has 0 radical (unpaired) electrons. The van der Waals surface area contributed by atoms with Gasteiger partial charge in [0.25, 0.3) is 11.8 Å². The highest BCUT2D eigenvalue weighted by Crippen LogP contribution is 2.33. The van der Waals surface area contributed by atoms with E-state index in [1.54, 1.807) is 12.1 Å². The number of nitrogens with one attached hydrogen (secondary N) is 2. The first kappa shape index (κ1) is 27.6. The predicted octanol–water partition coefficient (Wildman–Crippen LogP) is 3.68. The summed E-state index contributed by atoms with van der Waals surface area (Å²) in [7, 11) is -4.21. The fourth-order valence-corrected chi connectivity index (χ4v) is 4.61. The standard InChI is InChI=1S/C27H26N4O6S/c1-3-5-18(28)12-16(2)26(34)30-22-14-20(8-10-24(22)32)38(36,37)21-9-11-25(33)23(15-21)31-27(35)17-6-4-7-19(29)13-17/h3-15,32-33H,1,28-29H2,2H3,(H,30,34)(H,31,35)/b16-12+,18-5+. The van der Waals surface area contributed by atoms with Crippen LogP contribution in [0.25, 0.3) is 0 Å². The highest BCUT2D eigenvalue weighted by Gasteiger charge is 2.22. The molecular formula is C27H26N4O6S. The Balaban J connectivity index is 1.91. The molecule has 0 aliphatic carbocycles. The van der Waals surface area contributed by atoms with E-state index in [2.05, 4.69) is 17.2 Å². The first-order valence-corrected chi connectivity index (χ1v) is 12.6. The fraction of sp³-hybridized carbons (Fsp3) is 0.0370. The minimum absolute atomic E-state index is 0.142. The molecule has 0 saturated carbocycles. The highest BCUT2D eigenvalue weighted by molar-refractivity contribution is 7.91. The number of rotatable bonds is 8. The van der Waals surface area contributed by atoms with Gasteiger partial charge in [0.05, 0.1) is 21.2 Å². The zero-order valence-electron chi connectivity index (χ0n) is 20.3. The average Bonchev–Trinajstić information content (AvgIpc) is 2.86. The Labute approximate surface area is 219 Å². The van der Waals surface area contributed by atoms with Crippen LogP contribution in [0.3, 0.4) is 0 Å². The van der Waals surface area contributed by atoms with Crippen molar-refractivity contribution in [1.29, 1.82) is 0 Å². The number of amides is 2. The molecular weight excluding hydrogens is 508 g/mol. The van der Waals surface area contributed by atoms with Gasteiger partial charge in [0.2, 0.25) is 9.84 Å². The van der Waals surface area contributed by atoms with Crippen molar-refractivity contribution in [2.24, 2.45) is 5.73 Å². The van der Waals surface area contributed by atoms with Gasteiger partial charge in [-0.05, 0) is 73.7 Å². The largest absolute Gasteiger partial charge is 0.506 e. The minimum atomic E-state index is -4.21. The van der Waals surface area contributed by atoms with Gasteiger partial charge in [-0.3, -0.25) is 9.59 Å². The maximum absolute atomic E-state index is 13.3. The predicted molar refractivity (Wildman–Crippen MR) is 145 cm³/mol. The summed E-state index contributed by atoms with van der Waals surface area (Å²) in [6.07, 6.45) is 4.34. The molecule has 0 spiro atoms. The number of hydrogen-bond acceptors (Lipinski definition) is 8. The lowest BCUT2D eigenvalue weighted by Gasteiger charge is -2.13. The van der Waals surface area contributed by atoms with Crippen LogP contribution in [0.4, 0.5) is 17.1 Å². The number of carbonyl (C=O) groups is 2. The Hall–Kier alpha value is -5.03.